The van der Waals surface area contributed by atoms with Crippen LogP contribution in [0.4, 0.5) is 0 Å². The molecular formula is C19H26ClN3O. The van der Waals surface area contributed by atoms with Crippen LogP contribution in [0.3, 0.4) is 0 Å². The van der Waals surface area contributed by atoms with Gasteiger partial charge in [-0.05, 0) is 62.7 Å². The Hall–Kier alpha value is -1.62. The molecule has 1 aromatic heterocycles. The van der Waals surface area contributed by atoms with Crippen molar-refractivity contribution in [3.05, 3.63) is 53.9 Å². The third-order valence-corrected chi connectivity index (χ3v) is 4.42. The van der Waals surface area contributed by atoms with E-state index >= 15 is 0 Å². The SMILES string of the molecule is CNC1CCCN(Cc2ccc(Oc3cccnc3)c(C)c2)C1.Cl. The average Bonchev–Trinajstić information content (AvgIpc) is 2.58. The Bertz CT molecular complexity index is 636. The van der Waals surface area contributed by atoms with Gasteiger partial charge in [-0.3, -0.25) is 9.88 Å². The highest BCUT2D eigenvalue weighted by atomic mass is 35.5. The number of nitrogens with zero attached hydrogens (tertiary/aromatic N) is 2. The predicted octanol–water partition coefficient (Wildman–Crippen LogP) is 3.79. The summed E-state index contributed by atoms with van der Waals surface area (Å²) in [6.45, 7) is 5.42. The molecule has 0 spiro atoms. The Balaban J connectivity index is 0.00000208. The summed E-state index contributed by atoms with van der Waals surface area (Å²) in [5.74, 6) is 1.67. The molecule has 24 heavy (non-hydrogen) atoms. The molecule has 0 aliphatic carbocycles. The summed E-state index contributed by atoms with van der Waals surface area (Å²) >= 11 is 0. The molecule has 5 heteroatoms. The molecule has 1 aromatic carbocycles. The van der Waals surface area contributed by atoms with Gasteiger partial charge in [-0.25, -0.2) is 0 Å². The zero-order valence-corrected chi connectivity index (χ0v) is 15.2. The zero-order valence-electron chi connectivity index (χ0n) is 14.4. The second kappa shape index (κ2) is 9.02. The molecule has 1 saturated heterocycles. The van der Waals surface area contributed by atoms with Crippen molar-refractivity contribution in [3.8, 4) is 11.5 Å². The van der Waals surface area contributed by atoms with Crippen molar-refractivity contribution in [2.75, 3.05) is 20.1 Å². The van der Waals surface area contributed by atoms with Crippen LogP contribution in [0.5, 0.6) is 11.5 Å². The summed E-state index contributed by atoms with van der Waals surface area (Å²) in [5.41, 5.74) is 2.51. The monoisotopic (exact) mass is 347 g/mol. The van der Waals surface area contributed by atoms with Crippen LogP contribution in [0.15, 0.2) is 42.7 Å². The number of pyridine rings is 1. The van der Waals surface area contributed by atoms with Gasteiger partial charge in [-0.1, -0.05) is 12.1 Å². The van der Waals surface area contributed by atoms with Crippen LogP contribution < -0.4 is 10.1 Å². The minimum Gasteiger partial charge on any atom is -0.455 e. The number of ether oxygens (including phenoxy) is 1. The van der Waals surface area contributed by atoms with E-state index in [9.17, 15) is 0 Å². The molecular weight excluding hydrogens is 322 g/mol. The fourth-order valence-electron chi connectivity index (χ4n) is 3.15. The van der Waals surface area contributed by atoms with Crippen LogP contribution in [-0.2, 0) is 6.54 Å². The highest BCUT2D eigenvalue weighted by molar-refractivity contribution is 5.85. The molecule has 3 rings (SSSR count). The van der Waals surface area contributed by atoms with Crippen molar-refractivity contribution >= 4 is 12.4 Å². The molecule has 1 aliphatic rings. The summed E-state index contributed by atoms with van der Waals surface area (Å²) < 4.78 is 5.90. The van der Waals surface area contributed by atoms with Crippen molar-refractivity contribution in [1.29, 1.82) is 0 Å². The lowest BCUT2D eigenvalue weighted by Crippen LogP contribution is -2.43. The van der Waals surface area contributed by atoms with Crippen LogP contribution in [-0.4, -0.2) is 36.1 Å². The fourth-order valence-corrected chi connectivity index (χ4v) is 3.15. The first-order valence-corrected chi connectivity index (χ1v) is 8.31. The lowest BCUT2D eigenvalue weighted by Gasteiger charge is -2.32. The van der Waals surface area contributed by atoms with Crippen LogP contribution in [0.1, 0.15) is 24.0 Å². The van der Waals surface area contributed by atoms with Gasteiger partial charge in [-0.15, -0.1) is 12.4 Å². The number of benzene rings is 1. The molecule has 1 N–H and O–H groups in total. The quantitative estimate of drug-likeness (QED) is 0.893. The first-order chi connectivity index (χ1) is 11.2. The molecule has 0 amide bonds. The van der Waals surface area contributed by atoms with Crippen molar-refractivity contribution in [1.82, 2.24) is 15.2 Å². The smallest absolute Gasteiger partial charge is 0.145 e. The predicted molar refractivity (Wildman–Crippen MR) is 100 cm³/mol. The largest absolute Gasteiger partial charge is 0.455 e. The van der Waals surface area contributed by atoms with E-state index in [1.54, 1.807) is 12.4 Å². The zero-order chi connectivity index (χ0) is 16.1. The lowest BCUT2D eigenvalue weighted by atomic mass is 10.0. The van der Waals surface area contributed by atoms with E-state index in [0.29, 0.717) is 6.04 Å². The number of aryl methyl sites for hydroxylation is 1. The second-order valence-corrected chi connectivity index (χ2v) is 6.25. The van der Waals surface area contributed by atoms with E-state index in [1.807, 2.05) is 12.1 Å². The molecule has 2 aromatic rings. The highest BCUT2D eigenvalue weighted by Crippen LogP contribution is 2.26. The number of nitrogens with one attached hydrogen (secondary N) is 1. The van der Waals surface area contributed by atoms with Crippen molar-refractivity contribution in [2.45, 2.75) is 32.4 Å². The van der Waals surface area contributed by atoms with Crippen LogP contribution in [0.2, 0.25) is 0 Å². The summed E-state index contributed by atoms with van der Waals surface area (Å²) in [7, 11) is 2.06. The normalized spacial score (nSPS) is 18.0. The Morgan fingerprint density at radius 2 is 2.21 bits per heavy atom. The number of likely N-dealkylation sites (tertiary alicyclic amines) is 1. The van der Waals surface area contributed by atoms with E-state index in [2.05, 4.69) is 47.4 Å². The number of likely N-dealkylation sites (N-methyl/N-ethyl adjacent to an activating group) is 1. The van der Waals surface area contributed by atoms with Gasteiger partial charge in [0.2, 0.25) is 0 Å². The maximum Gasteiger partial charge on any atom is 0.145 e. The number of piperidine rings is 1. The number of hydrogen-bond acceptors (Lipinski definition) is 4. The maximum absolute atomic E-state index is 5.90. The molecule has 0 bridgehead atoms. The number of aromatic nitrogens is 1. The van der Waals surface area contributed by atoms with E-state index in [-0.39, 0.29) is 12.4 Å². The Labute approximate surface area is 150 Å². The minimum atomic E-state index is 0. The molecule has 1 atom stereocenters. The lowest BCUT2D eigenvalue weighted by molar-refractivity contribution is 0.188. The van der Waals surface area contributed by atoms with Gasteiger partial charge in [0, 0.05) is 25.3 Å². The van der Waals surface area contributed by atoms with E-state index < -0.39 is 0 Å². The van der Waals surface area contributed by atoms with Gasteiger partial charge in [0.15, 0.2) is 0 Å². The van der Waals surface area contributed by atoms with E-state index in [4.69, 9.17) is 4.74 Å². The standard InChI is InChI=1S/C19H25N3O.ClH/c1-15-11-16(13-22-10-4-5-17(14-22)20-2)7-8-19(15)23-18-6-3-9-21-12-18;/h3,6-9,11-12,17,20H,4-5,10,13-14H2,1-2H3;1H. The Morgan fingerprint density at radius 1 is 1.33 bits per heavy atom. The summed E-state index contributed by atoms with van der Waals surface area (Å²) in [6.07, 6.45) is 6.04. The Morgan fingerprint density at radius 3 is 2.92 bits per heavy atom. The first-order valence-electron chi connectivity index (χ1n) is 8.31. The topological polar surface area (TPSA) is 37.4 Å². The molecule has 2 heterocycles. The molecule has 1 fully saturated rings. The molecule has 0 saturated carbocycles. The Kier molecular flexibility index (Phi) is 7.03. The molecule has 1 aliphatic heterocycles. The van der Waals surface area contributed by atoms with Crippen molar-refractivity contribution in [3.63, 3.8) is 0 Å². The van der Waals surface area contributed by atoms with Crippen LogP contribution >= 0.6 is 12.4 Å². The summed E-state index contributed by atoms with van der Waals surface area (Å²) in [4.78, 5) is 6.61. The summed E-state index contributed by atoms with van der Waals surface area (Å²) in [6, 6.07) is 10.9. The third kappa shape index (κ3) is 4.94. The van der Waals surface area contributed by atoms with Gasteiger partial charge in [0.1, 0.15) is 11.5 Å². The molecule has 0 radical (unpaired) electrons. The third-order valence-electron chi connectivity index (χ3n) is 4.42. The van der Waals surface area contributed by atoms with Crippen molar-refractivity contribution < 1.29 is 4.74 Å². The van der Waals surface area contributed by atoms with E-state index in [1.165, 1.54) is 24.9 Å². The van der Waals surface area contributed by atoms with E-state index in [0.717, 1.165) is 30.2 Å². The molecule has 130 valence electrons. The summed E-state index contributed by atoms with van der Waals surface area (Å²) in [5, 5.41) is 3.40. The van der Waals surface area contributed by atoms with Crippen LogP contribution in [0.25, 0.3) is 0 Å². The molecule has 4 nitrogen and oxygen atoms in total. The minimum absolute atomic E-state index is 0. The van der Waals surface area contributed by atoms with Crippen molar-refractivity contribution in [2.24, 2.45) is 0 Å². The van der Waals surface area contributed by atoms with Gasteiger partial charge >= 0.3 is 0 Å². The fraction of sp³-hybridized carbons (Fsp3) is 0.421. The van der Waals surface area contributed by atoms with Gasteiger partial charge in [-0.2, -0.15) is 0 Å². The van der Waals surface area contributed by atoms with Crippen LogP contribution in [0, 0.1) is 6.92 Å². The second-order valence-electron chi connectivity index (χ2n) is 6.25. The number of rotatable bonds is 5. The first kappa shape index (κ1) is 18.7. The molecule has 1 unspecified atom stereocenters. The maximum atomic E-state index is 5.90. The number of hydrogen-bond donors (Lipinski definition) is 1. The highest BCUT2D eigenvalue weighted by Gasteiger charge is 2.18. The van der Waals surface area contributed by atoms with Gasteiger partial charge in [0.25, 0.3) is 0 Å². The van der Waals surface area contributed by atoms with Gasteiger partial charge < -0.3 is 10.1 Å². The average molecular weight is 348 g/mol. The van der Waals surface area contributed by atoms with Gasteiger partial charge in [0.05, 0.1) is 6.20 Å². The number of halogens is 1.